The normalized spacial score (nSPS) is 13.5. The van der Waals surface area contributed by atoms with Gasteiger partial charge in [-0.25, -0.2) is 4.39 Å². The number of aliphatic hydroxyl groups is 1. The summed E-state index contributed by atoms with van der Waals surface area (Å²) in [6, 6.07) is 8.20. The van der Waals surface area contributed by atoms with Crippen molar-refractivity contribution in [1.82, 2.24) is 9.88 Å². The lowest BCUT2D eigenvalue weighted by Gasteiger charge is -2.29. The number of rotatable bonds is 7. The number of aryl methyl sites for hydroxylation is 1. The van der Waals surface area contributed by atoms with Crippen molar-refractivity contribution in [2.75, 3.05) is 20.3 Å². The van der Waals surface area contributed by atoms with Gasteiger partial charge in [0.25, 0.3) is 5.91 Å². The average Bonchev–Trinajstić information content (AvgIpc) is 2.83. The Kier molecular flexibility index (Phi) is 5.98. The Balaban J connectivity index is 2.36. The molecule has 2 N–H and O–H groups in total. The predicted molar refractivity (Wildman–Crippen MR) is 94.7 cm³/mol. The number of hydrogen-bond donors (Lipinski definition) is 2. The molecular weight excluding hydrogens is 323 g/mol. The SMILES string of the molecule is COCC(C)(CCO)NC(=O)c1cc(C)n(-c2ccccc2F)c1C. The third kappa shape index (κ3) is 4.08. The maximum atomic E-state index is 14.2. The number of aliphatic hydroxyl groups excluding tert-OH is 1. The number of halogens is 1. The second kappa shape index (κ2) is 7.80. The van der Waals surface area contributed by atoms with Crippen LogP contribution in [0.5, 0.6) is 0 Å². The Hall–Kier alpha value is -2.18. The molecule has 6 heteroatoms. The Labute approximate surface area is 147 Å². The Morgan fingerprint density at radius 2 is 2.04 bits per heavy atom. The van der Waals surface area contributed by atoms with Crippen LogP contribution >= 0.6 is 0 Å². The summed E-state index contributed by atoms with van der Waals surface area (Å²) < 4.78 is 21.0. The number of methoxy groups -OCH3 is 1. The van der Waals surface area contributed by atoms with Gasteiger partial charge in [-0.3, -0.25) is 4.79 Å². The summed E-state index contributed by atoms with van der Waals surface area (Å²) in [5, 5.41) is 12.2. The third-order valence-electron chi connectivity index (χ3n) is 4.31. The first-order chi connectivity index (χ1) is 11.8. The van der Waals surface area contributed by atoms with E-state index in [2.05, 4.69) is 5.32 Å². The smallest absolute Gasteiger partial charge is 0.253 e. The number of aromatic nitrogens is 1. The first-order valence-corrected chi connectivity index (χ1v) is 8.19. The second-order valence-corrected chi connectivity index (χ2v) is 6.49. The van der Waals surface area contributed by atoms with Gasteiger partial charge >= 0.3 is 0 Å². The van der Waals surface area contributed by atoms with E-state index in [1.165, 1.54) is 6.07 Å². The van der Waals surface area contributed by atoms with Crippen LogP contribution in [-0.2, 0) is 4.74 Å². The number of hydrogen-bond acceptors (Lipinski definition) is 3. The summed E-state index contributed by atoms with van der Waals surface area (Å²) in [6.07, 6.45) is 0.374. The molecule has 1 atom stereocenters. The van der Waals surface area contributed by atoms with Crippen LogP contribution in [-0.4, -0.2) is 41.4 Å². The molecule has 1 heterocycles. The molecule has 5 nitrogen and oxygen atoms in total. The van der Waals surface area contributed by atoms with Gasteiger partial charge in [-0.05, 0) is 45.4 Å². The number of ether oxygens (including phenoxy) is 1. The van der Waals surface area contributed by atoms with Gasteiger partial charge in [-0.15, -0.1) is 0 Å². The fourth-order valence-corrected chi connectivity index (χ4v) is 3.07. The summed E-state index contributed by atoms with van der Waals surface area (Å²) in [4.78, 5) is 12.8. The Bertz CT molecular complexity index is 749. The molecule has 1 amide bonds. The highest BCUT2D eigenvalue weighted by atomic mass is 19.1. The molecule has 0 saturated carbocycles. The van der Waals surface area contributed by atoms with Crippen molar-refractivity contribution >= 4 is 5.91 Å². The number of carbonyl (C=O) groups is 1. The van der Waals surface area contributed by atoms with Crippen LogP contribution < -0.4 is 5.32 Å². The number of para-hydroxylation sites is 1. The zero-order valence-electron chi connectivity index (χ0n) is 15.1. The van der Waals surface area contributed by atoms with E-state index in [-0.39, 0.29) is 24.9 Å². The highest BCUT2D eigenvalue weighted by molar-refractivity contribution is 5.96. The molecule has 0 fully saturated rings. The fraction of sp³-hybridized carbons (Fsp3) is 0.421. The van der Waals surface area contributed by atoms with E-state index in [1.54, 1.807) is 42.9 Å². The zero-order valence-corrected chi connectivity index (χ0v) is 15.1. The quantitative estimate of drug-likeness (QED) is 0.809. The van der Waals surface area contributed by atoms with Gasteiger partial charge in [-0.2, -0.15) is 0 Å². The molecule has 1 aromatic heterocycles. The van der Waals surface area contributed by atoms with Crippen LogP contribution in [0.1, 0.15) is 35.1 Å². The summed E-state index contributed by atoms with van der Waals surface area (Å²) in [5.41, 5.74) is 1.63. The number of amides is 1. The zero-order chi connectivity index (χ0) is 18.6. The monoisotopic (exact) mass is 348 g/mol. The molecule has 1 aromatic carbocycles. The van der Waals surface area contributed by atoms with E-state index in [1.807, 2.05) is 13.8 Å². The number of nitrogens with one attached hydrogen (secondary N) is 1. The van der Waals surface area contributed by atoms with Crippen molar-refractivity contribution in [1.29, 1.82) is 0 Å². The van der Waals surface area contributed by atoms with Crippen LogP contribution in [0.4, 0.5) is 4.39 Å². The molecule has 0 radical (unpaired) electrons. The van der Waals surface area contributed by atoms with Gasteiger partial charge in [-0.1, -0.05) is 12.1 Å². The topological polar surface area (TPSA) is 63.5 Å². The lowest BCUT2D eigenvalue weighted by molar-refractivity contribution is 0.0725. The standard InChI is InChI=1S/C19H25FN2O3/c1-13-11-15(18(24)21-19(3,9-10-23)12-25-4)14(2)22(13)17-8-6-5-7-16(17)20/h5-8,11,23H,9-10,12H2,1-4H3,(H,21,24). The predicted octanol–water partition coefficient (Wildman–Crippen LogP) is 2.75. The van der Waals surface area contributed by atoms with Gasteiger partial charge in [0.2, 0.25) is 0 Å². The van der Waals surface area contributed by atoms with Crippen LogP contribution in [0.2, 0.25) is 0 Å². The third-order valence-corrected chi connectivity index (χ3v) is 4.31. The van der Waals surface area contributed by atoms with E-state index in [9.17, 15) is 14.3 Å². The molecular formula is C19H25FN2O3. The van der Waals surface area contributed by atoms with Gasteiger partial charge in [0.1, 0.15) is 5.82 Å². The molecule has 0 aliphatic heterocycles. The highest BCUT2D eigenvalue weighted by Crippen LogP contribution is 2.23. The Morgan fingerprint density at radius 3 is 2.64 bits per heavy atom. The molecule has 0 saturated heterocycles. The molecule has 2 rings (SSSR count). The number of nitrogens with zero attached hydrogens (tertiary/aromatic N) is 1. The van der Waals surface area contributed by atoms with E-state index in [0.717, 1.165) is 5.69 Å². The molecule has 0 aliphatic rings. The molecule has 2 aromatic rings. The number of carbonyl (C=O) groups excluding carboxylic acids is 1. The molecule has 0 spiro atoms. The first-order valence-electron chi connectivity index (χ1n) is 8.19. The van der Waals surface area contributed by atoms with Crippen molar-refractivity contribution in [3.05, 3.63) is 53.1 Å². The maximum Gasteiger partial charge on any atom is 0.253 e. The second-order valence-electron chi connectivity index (χ2n) is 6.49. The van der Waals surface area contributed by atoms with Crippen molar-refractivity contribution in [3.63, 3.8) is 0 Å². The lowest BCUT2D eigenvalue weighted by Crippen LogP contribution is -2.50. The largest absolute Gasteiger partial charge is 0.396 e. The molecule has 136 valence electrons. The van der Waals surface area contributed by atoms with Crippen LogP contribution in [0.3, 0.4) is 0 Å². The van der Waals surface area contributed by atoms with Crippen molar-refractivity contribution in [2.45, 2.75) is 32.7 Å². The minimum Gasteiger partial charge on any atom is -0.396 e. The van der Waals surface area contributed by atoms with Crippen LogP contribution in [0.15, 0.2) is 30.3 Å². The minimum atomic E-state index is -0.680. The maximum absolute atomic E-state index is 14.2. The molecule has 1 unspecified atom stereocenters. The van der Waals surface area contributed by atoms with Gasteiger partial charge in [0.15, 0.2) is 0 Å². The summed E-state index contributed by atoms with van der Waals surface area (Å²) in [6.45, 7) is 5.66. The van der Waals surface area contributed by atoms with E-state index >= 15 is 0 Å². The summed E-state index contributed by atoms with van der Waals surface area (Å²) in [7, 11) is 1.55. The molecule has 0 aliphatic carbocycles. The summed E-state index contributed by atoms with van der Waals surface area (Å²) >= 11 is 0. The van der Waals surface area contributed by atoms with Gasteiger partial charge in [0.05, 0.1) is 23.4 Å². The van der Waals surface area contributed by atoms with Crippen LogP contribution in [0, 0.1) is 19.7 Å². The number of benzene rings is 1. The van der Waals surface area contributed by atoms with Crippen molar-refractivity contribution in [3.8, 4) is 5.69 Å². The lowest BCUT2D eigenvalue weighted by atomic mass is 9.98. The summed E-state index contributed by atoms with van der Waals surface area (Å²) in [5.74, 6) is -0.621. The highest BCUT2D eigenvalue weighted by Gasteiger charge is 2.28. The van der Waals surface area contributed by atoms with Gasteiger partial charge < -0.3 is 19.7 Å². The van der Waals surface area contributed by atoms with E-state index < -0.39 is 5.54 Å². The van der Waals surface area contributed by atoms with Crippen molar-refractivity contribution in [2.24, 2.45) is 0 Å². The van der Waals surface area contributed by atoms with Gasteiger partial charge in [0, 0.05) is 25.1 Å². The van der Waals surface area contributed by atoms with E-state index in [4.69, 9.17) is 4.74 Å². The van der Waals surface area contributed by atoms with E-state index in [0.29, 0.717) is 23.4 Å². The van der Waals surface area contributed by atoms with Crippen LogP contribution in [0.25, 0.3) is 5.69 Å². The average molecular weight is 348 g/mol. The minimum absolute atomic E-state index is 0.0611. The molecule has 0 bridgehead atoms. The Morgan fingerprint density at radius 1 is 1.36 bits per heavy atom. The first kappa shape index (κ1) is 19.1. The molecule has 25 heavy (non-hydrogen) atoms. The van der Waals surface area contributed by atoms with Crippen molar-refractivity contribution < 1.29 is 19.0 Å². The fourth-order valence-electron chi connectivity index (χ4n) is 3.07.